The molecule has 1 saturated heterocycles. The summed E-state index contributed by atoms with van der Waals surface area (Å²) in [6, 6.07) is 8.12. The molecule has 1 amide bonds. The number of carbonyl (C=O) groups excluding carboxylic acids is 1. The maximum Gasteiger partial charge on any atom is 0.410 e. The zero-order chi connectivity index (χ0) is 11.8. The van der Waals surface area contributed by atoms with Crippen LogP contribution in [-0.4, -0.2) is 30.7 Å². The Morgan fingerprint density at radius 1 is 1.41 bits per heavy atom. The molecular formula is C13H15NO3. The van der Waals surface area contributed by atoms with Crippen molar-refractivity contribution in [3.05, 3.63) is 29.8 Å². The Labute approximate surface area is 100 Å². The van der Waals surface area contributed by atoms with Gasteiger partial charge in [0.2, 0.25) is 0 Å². The van der Waals surface area contributed by atoms with Gasteiger partial charge in [-0.3, -0.25) is 0 Å². The first-order chi connectivity index (χ1) is 8.28. The molecule has 0 spiro atoms. The van der Waals surface area contributed by atoms with Crippen LogP contribution in [0.3, 0.4) is 0 Å². The summed E-state index contributed by atoms with van der Waals surface area (Å²) in [7, 11) is 1.64. The molecule has 0 radical (unpaired) electrons. The first-order valence-corrected chi connectivity index (χ1v) is 5.89. The van der Waals surface area contributed by atoms with E-state index >= 15 is 0 Å². The van der Waals surface area contributed by atoms with Crippen LogP contribution in [0.4, 0.5) is 4.79 Å². The molecule has 90 valence electrons. The van der Waals surface area contributed by atoms with Crippen LogP contribution in [0.5, 0.6) is 5.75 Å². The molecule has 17 heavy (non-hydrogen) atoms. The molecule has 1 aliphatic carbocycles. The molecule has 1 heterocycles. The number of benzene rings is 1. The highest BCUT2D eigenvalue weighted by atomic mass is 16.6. The molecule has 1 aromatic rings. The molecule has 1 aromatic carbocycles. The van der Waals surface area contributed by atoms with Crippen LogP contribution in [0.15, 0.2) is 24.3 Å². The molecule has 0 aromatic heterocycles. The summed E-state index contributed by atoms with van der Waals surface area (Å²) in [5.74, 6) is 0.795. The molecule has 1 aliphatic heterocycles. The molecule has 0 N–H and O–H groups in total. The van der Waals surface area contributed by atoms with E-state index in [1.807, 2.05) is 29.2 Å². The molecule has 1 saturated carbocycles. The third kappa shape index (κ3) is 1.95. The molecule has 1 unspecified atom stereocenters. The molecule has 1 atom stereocenters. The van der Waals surface area contributed by atoms with E-state index in [-0.39, 0.29) is 12.2 Å². The van der Waals surface area contributed by atoms with E-state index in [0.29, 0.717) is 12.6 Å². The lowest BCUT2D eigenvalue weighted by molar-refractivity contribution is 0.132. The summed E-state index contributed by atoms with van der Waals surface area (Å²) in [6.45, 7) is 0.663. The minimum absolute atomic E-state index is 0.154. The highest BCUT2D eigenvalue weighted by Crippen LogP contribution is 2.35. The molecule has 2 fully saturated rings. The molecule has 4 heteroatoms. The average molecular weight is 233 g/mol. The number of amides is 1. The topological polar surface area (TPSA) is 38.8 Å². The van der Waals surface area contributed by atoms with Crippen molar-refractivity contribution in [2.75, 3.05) is 13.7 Å². The van der Waals surface area contributed by atoms with Crippen LogP contribution < -0.4 is 4.74 Å². The van der Waals surface area contributed by atoms with E-state index in [4.69, 9.17) is 9.47 Å². The van der Waals surface area contributed by atoms with Gasteiger partial charge in [0.05, 0.1) is 13.7 Å². The first-order valence-electron chi connectivity index (χ1n) is 5.89. The summed E-state index contributed by atoms with van der Waals surface area (Å²) in [6.07, 6.45) is 1.89. The van der Waals surface area contributed by atoms with Crippen LogP contribution in [0.25, 0.3) is 0 Å². The van der Waals surface area contributed by atoms with Gasteiger partial charge in [0.1, 0.15) is 11.9 Å². The lowest BCUT2D eigenvalue weighted by Gasteiger charge is -2.11. The first kappa shape index (κ1) is 10.4. The van der Waals surface area contributed by atoms with Crippen LogP contribution in [-0.2, 0) is 4.74 Å². The Morgan fingerprint density at radius 2 is 2.24 bits per heavy atom. The highest BCUT2D eigenvalue weighted by Gasteiger charge is 2.41. The molecule has 4 nitrogen and oxygen atoms in total. The van der Waals surface area contributed by atoms with Gasteiger partial charge in [0, 0.05) is 6.04 Å². The number of hydrogen-bond donors (Lipinski definition) is 0. The van der Waals surface area contributed by atoms with E-state index in [0.717, 1.165) is 24.2 Å². The number of cyclic esters (lactones) is 1. The fourth-order valence-electron chi connectivity index (χ4n) is 2.18. The quantitative estimate of drug-likeness (QED) is 0.804. The zero-order valence-corrected chi connectivity index (χ0v) is 9.76. The predicted octanol–water partition coefficient (Wildman–Crippen LogP) is 2.35. The lowest BCUT2D eigenvalue weighted by Crippen LogP contribution is -2.26. The van der Waals surface area contributed by atoms with Gasteiger partial charge in [-0.2, -0.15) is 0 Å². The SMILES string of the molecule is COc1cccc(C2CN(C3CC3)C(=O)O2)c1. The number of hydrogen-bond acceptors (Lipinski definition) is 3. The predicted molar refractivity (Wildman–Crippen MR) is 61.9 cm³/mol. The van der Waals surface area contributed by atoms with Gasteiger partial charge in [-0.05, 0) is 30.5 Å². The second-order valence-electron chi connectivity index (χ2n) is 4.53. The average Bonchev–Trinajstić information content (AvgIpc) is 3.13. The number of nitrogens with zero attached hydrogens (tertiary/aromatic N) is 1. The fourth-order valence-corrected chi connectivity index (χ4v) is 2.18. The lowest BCUT2D eigenvalue weighted by atomic mass is 10.1. The minimum Gasteiger partial charge on any atom is -0.497 e. The Kier molecular flexibility index (Phi) is 2.42. The third-order valence-corrected chi connectivity index (χ3v) is 3.29. The van der Waals surface area contributed by atoms with Crippen molar-refractivity contribution >= 4 is 6.09 Å². The zero-order valence-electron chi connectivity index (χ0n) is 9.76. The van der Waals surface area contributed by atoms with Gasteiger partial charge in [0.15, 0.2) is 0 Å². The summed E-state index contributed by atoms with van der Waals surface area (Å²) >= 11 is 0. The fraction of sp³-hybridized carbons (Fsp3) is 0.462. The Bertz CT molecular complexity index is 442. The smallest absolute Gasteiger partial charge is 0.410 e. The molecular weight excluding hydrogens is 218 g/mol. The monoisotopic (exact) mass is 233 g/mol. The van der Waals surface area contributed by atoms with Crippen LogP contribution >= 0.6 is 0 Å². The van der Waals surface area contributed by atoms with Crippen molar-refractivity contribution in [1.29, 1.82) is 0 Å². The summed E-state index contributed by atoms with van der Waals surface area (Å²) in [4.78, 5) is 13.5. The van der Waals surface area contributed by atoms with Crippen molar-refractivity contribution in [2.24, 2.45) is 0 Å². The molecule has 3 rings (SSSR count). The van der Waals surface area contributed by atoms with E-state index in [1.54, 1.807) is 7.11 Å². The summed E-state index contributed by atoms with van der Waals surface area (Å²) in [5, 5.41) is 0. The van der Waals surface area contributed by atoms with Crippen molar-refractivity contribution in [1.82, 2.24) is 4.90 Å². The third-order valence-electron chi connectivity index (χ3n) is 3.29. The van der Waals surface area contributed by atoms with Crippen LogP contribution in [0.1, 0.15) is 24.5 Å². The van der Waals surface area contributed by atoms with Gasteiger partial charge in [-0.25, -0.2) is 4.79 Å². The van der Waals surface area contributed by atoms with E-state index in [1.165, 1.54) is 0 Å². The standard InChI is InChI=1S/C13H15NO3/c1-16-11-4-2-3-9(7-11)12-8-14(10-5-6-10)13(15)17-12/h2-4,7,10,12H,5-6,8H2,1H3. The van der Waals surface area contributed by atoms with E-state index < -0.39 is 0 Å². The van der Waals surface area contributed by atoms with Crippen LogP contribution in [0, 0.1) is 0 Å². The van der Waals surface area contributed by atoms with Gasteiger partial charge in [0.25, 0.3) is 0 Å². The second-order valence-corrected chi connectivity index (χ2v) is 4.53. The Balaban J connectivity index is 1.78. The van der Waals surface area contributed by atoms with Gasteiger partial charge in [-0.1, -0.05) is 12.1 Å². The van der Waals surface area contributed by atoms with Crippen molar-refractivity contribution in [3.63, 3.8) is 0 Å². The number of carbonyl (C=O) groups is 1. The van der Waals surface area contributed by atoms with E-state index in [9.17, 15) is 4.79 Å². The minimum atomic E-state index is -0.180. The second kappa shape index (κ2) is 3.95. The normalized spacial score (nSPS) is 23.7. The maximum atomic E-state index is 11.7. The summed E-state index contributed by atoms with van der Waals surface area (Å²) < 4.78 is 10.6. The highest BCUT2D eigenvalue weighted by molar-refractivity contribution is 5.71. The summed E-state index contributed by atoms with van der Waals surface area (Å²) in [5.41, 5.74) is 1.00. The number of methoxy groups -OCH3 is 1. The van der Waals surface area contributed by atoms with Crippen molar-refractivity contribution in [3.8, 4) is 5.75 Å². The molecule has 2 aliphatic rings. The van der Waals surface area contributed by atoms with Crippen molar-refractivity contribution < 1.29 is 14.3 Å². The van der Waals surface area contributed by atoms with Gasteiger partial charge < -0.3 is 14.4 Å². The Morgan fingerprint density at radius 3 is 2.94 bits per heavy atom. The molecule has 0 bridgehead atoms. The van der Waals surface area contributed by atoms with Gasteiger partial charge >= 0.3 is 6.09 Å². The van der Waals surface area contributed by atoms with Crippen molar-refractivity contribution in [2.45, 2.75) is 25.0 Å². The maximum absolute atomic E-state index is 11.7. The number of ether oxygens (including phenoxy) is 2. The van der Waals surface area contributed by atoms with Gasteiger partial charge in [-0.15, -0.1) is 0 Å². The van der Waals surface area contributed by atoms with Crippen LogP contribution in [0.2, 0.25) is 0 Å². The largest absolute Gasteiger partial charge is 0.497 e. The Hall–Kier alpha value is -1.71. The van der Waals surface area contributed by atoms with E-state index in [2.05, 4.69) is 0 Å². The number of rotatable bonds is 3.